The van der Waals surface area contributed by atoms with Crippen molar-refractivity contribution in [1.82, 2.24) is 19.7 Å². The summed E-state index contributed by atoms with van der Waals surface area (Å²) >= 11 is 0. The maximum Gasteiger partial charge on any atom is 0.159 e. The molecule has 6 heteroatoms. The van der Waals surface area contributed by atoms with Crippen LogP contribution in [0.5, 0.6) is 5.75 Å². The first-order valence-corrected chi connectivity index (χ1v) is 9.49. The Morgan fingerprint density at radius 1 is 1.07 bits per heavy atom. The number of hydrogen-bond donors (Lipinski definition) is 0. The molecule has 3 aromatic rings. The molecule has 0 spiro atoms. The average molecular weight is 361 g/mol. The summed E-state index contributed by atoms with van der Waals surface area (Å²) in [6, 6.07) is 14.0. The van der Waals surface area contributed by atoms with Crippen LogP contribution in [-0.2, 0) is 6.54 Å². The number of hydrogen-bond acceptors (Lipinski definition) is 5. The number of rotatable bonds is 6. The number of ether oxygens (including phenoxy) is 1. The van der Waals surface area contributed by atoms with E-state index < -0.39 is 0 Å². The zero-order chi connectivity index (χ0) is 18.5. The van der Waals surface area contributed by atoms with Crippen LogP contribution in [-0.4, -0.2) is 45.9 Å². The van der Waals surface area contributed by atoms with Gasteiger partial charge >= 0.3 is 0 Å². The van der Waals surface area contributed by atoms with Gasteiger partial charge in [-0.1, -0.05) is 6.42 Å². The van der Waals surface area contributed by atoms with Crippen LogP contribution in [0.25, 0.3) is 22.3 Å². The molecule has 0 N–H and O–H groups in total. The van der Waals surface area contributed by atoms with Crippen molar-refractivity contribution in [1.29, 1.82) is 5.26 Å². The Morgan fingerprint density at radius 2 is 1.89 bits per heavy atom. The van der Waals surface area contributed by atoms with E-state index in [2.05, 4.69) is 21.1 Å². The van der Waals surface area contributed by atoms with E-state index in [0.29, 0.717) is 6.61 Å². The monoisotopic (exact) mass is 361 g/mol. The highest BCUT2D eigenvalue weighted by Crippen LogP contribution is 2.28. The van der Waals surface area contributed by atoms with Crippen LogP contribution in [0.15, 0.2) is 42.6 Å². The molecule has 0 amide bonds. The molecule has 2 aromatic heterocycles. The number of piperidine rings is 1. The van der Waals surface area contributed by atoms with E-state index in [1.165, 1.54) is 32.4 Å². The van der Waals surface area contributed by atoms with E-state index in [9.17, 15) is 0 Å². The summed E-state index contributed by atoms with van der Waals surface area (Å²) in [6.07, 6.45) is 5.68. The van der Waals surface area contributed by atoms with E-state index in [-0.39, 0.29) is 6.54 Å². The minimum Gasteiger partial charge on any atom is -0.492 e. The fraction of sp³-hybridized carbons (Fsp3) is 0.381. The molecule has 0 bridgehead atoms. The second-order valence-corrected chi connectivity index (χ2v) is 6.81. The average Bonchev–Trinajstić information content (AvgIpc) is 3.08. The van der Waals surface area contributed by atoms with Gasteiger partial charge in [-0.15, -0.1) is 0 Å². The largest absolute Gasteiger partial charge is 0.492 e. The highest BCUT2D eigenvalue weighted by Gasteiger charge is 2.13. The molecule has 0 aliphatic carbocycles. The Labute approximate surface area is 159 Å². The van der Waals surface area contributed by atoms with Gasteiger partial charge in [0.15, 0.2) is 5.65 Å². The predicted octanol–water partition coefficient (Wildman–Crippen LogP) is 3.49. The van der Waals surface area contributed by atoms with Gasteiger partial charge in [0.05, 0.1) is 6.07 Å². The molecule has 0 atom stereocenters. The van der Waals surface area contributed by atoms with Gasteiger partial charge in [-0.25, -0.2) is 9.67 Å². The van der Waals surface area contributed by atoms with Gasteiger partial charge in [-0.3, -0.25) is 4.90 Å². The highest BCUT2D eigenvalue weighted by molar-refractivity contribution is 5.91. The van der Waals surface area contributed by atoms with Crippen molar-refractivity contribution < 1.29 is 4.74 Å². The van der Waals surface area contributed by atoms with Gasteiger partial charge < -0.3 is 4.74 Å². The Kier molecular flexibility index (Phi) is 5.31. The molecular weight excluding hydrogens is 338 g/mol. The number of likely N-dealkylation sites (tertiary alicyclic amines) is 1. The molecule has 4 rings (SSSR count). The quantitative estimate of drug-likeness (QED) is 0.672. The van der Waals surface area contributed by atoms with Crippen LogP contribution >= 0.6 is 0 Å². The molecule has 0 unspecified atom stereocenters. The van der Waals surface area contributed by atoms with Crippen molar-refractivity contribution in [2.24, 2.45) is 0 Å². The summed E-state index contributed by atoms with van der Waals surface area (Å²) in [6.45, 7) is 4.26. The van der Waals surface area contributed by atoms with Gasteiger partial charge in [0.2, 0.25) is 0 Å². The minimum absolute atomic E-state index is 0.186. The summed E-state index contributed by atoms with van der Waals surface area (Å²) in [7, 11) is 0. The standard InChI is InChI=1S/C21H23N5O/c22-10-14-26-21-19(5-4-11-23-21)20(24-26)17-6-8-18(9-7-17)27-16-15-25-12-2-1-3-13-25/h4-9,11H,1-3,12-16H2. The molecule has 138 valence electrons. The minimum atomic E-state index is 0.186. The second-order valence-electron chi connectivity index (χ2n) is 6.81. The smallest absolute Gasteiger partial charge is 0.159 e. The maximum absolute atomic E-state index is 9.01. The van der Waals surface area contributed by atoms with Crippen LogP contribution < -0.4 is 4.74 Å². The van der Waals surface area contributed by atoms with Gasteiger partial charge in [-0.2, -0.15) is 10.4 Å². The van der Waals surface area contributed by atoms with Crippen molar-refractivity contribution in [3.8, 4) is 23.1 Å². The molecule has 0 saturated carbocycles. The molecule has 6 nitrogen and oxygen atoms in total. The van der Waals surface area contributed by atoms with Gasteiger partial charge in [0.25, 0.3) is 0 Å². The highest BCUT2D eigenvalue weighted by atomic mass is 16.5. The molecule has 1 saturated heterocycles. The first kappa shape index (κ1) is 17.5. The second kappa shape index (κ2) is 8.19. The fourth-order valence-electron chi connectivity index (χ4n) is 3.58. The van der Waals surface area contributed by atoms with Crippen LogP contribution in [0.1, 0.15) is 19.3 Å². The normalized spacial score (nSPS) is 14.9. The molecule has 1 fully saturated rings. The van der Waals surface area contributed by atoms with E-state index >= 15 is 0 Å². The third-order valence-corrected chi connectivity index (χ3v) is 4.98. The predicted molar refractivity (Wildman–Crippen MR) is 104 cm³/mol. The van der Waals surface area contributed by atoms with E-state index in [1.807, 2.05) is 36.4 Å². The Bertz CT molecular complexity index is 935. The van der Waals surface area contributed by atoms with Crippen molar-refractivity contribution in [2.75, 3.05) is 26.2 Å². The number of pyridine rings is 1. The van der Waals surface area contributed by atoms with E-state index in [1.54, 1.807) is 10.9 Å². The lowest BCUT2D eigenvalue weighted by atomic mass is 10.1. The van der Waals surface area contributed by atoms with Crippen LogP contribution in [0.2, 0.25) is 0 Å². The van der Waals surface area contributed by atoms with Crippen LogP contribution in [0.4, 0.5) is 0 Å². The molecule has 1 aliphatic heterocycles. The molecule has 1 aromatic carbocycles. The lowest BCUT2D eigenvalue weighted by molar-refractivity contribution is 0.183. The SMILES string of the molecule is N#CCn1nc(-c2ccc(OCCN3CCCCC3)cc2)c2cccnc21. The number of aromatic nitrogens is 3. The van der Waals surface area contributed by atoms with E-state index in [0.717, 1.165) is 34.6 Å². The summed E-state index contributed by atoms with van der Waals surface area (Å²) in [5, 5.41) is 14.6. The zero-order valence-corrected chi connectivity index (χ0v) is 15.3. The third-order valence-electron chi connectivity index (χ3n) is 4.98. The van der Waals surface area contributed by atoms with Crippen molar-refractivity contribution in [2.45, 2.75) is 25.8 Å². The van der Waals surface area contributed by atoms with Crippen molar-refractivity contribution >= 4 is 11.0 Å². The molecule has 27 heavy (non-hydrogen) atoms. The van der Waals surface area contributed by atoms with Gasteiger partial charge in [-0.05, 0) is 62.3 Å². The topological polar surface area (TPSA) is 67.0 Å². The lowest BCUT2D eigenvalue weighted by Gasteiger charge is -2.26. The number of nitrogens with zero attached hydrogens (tertiary/aromatic N) is 5. The van der Waals surface area contributed by atoms with Crippen molar-refractivity contribution in [3.63, 3.8) is 0 Å². The Balaban J connectivity index is 1.46. The molecule has 1 aliphatic rings. The maximum atomic E-state index is 9.01. The number of nitriles is 1. The Morgan fingerprint density at radius 3 is 2.67 bits per heavy atom. The molecule has 0 radical (unpaired) electrons. The van der Waals surface area contributed by atoms with E-state index in [4.69, 9.17) is 10.00 Å². The summed E-state index contributed by atoms with van der Waals surface area (Å²) in [5.41, 5.74) is 2.57. The van der Waals surface area contributed by atoms with Crippen LogP contribution in [0, 0.1) is 11.3 Å². The van der Waals surface area contributed by atoms with Crippen molar-refractivity contribution in [3.05, 3.63) is 42.6 Å². The van der Waals surface area contributed by atoms with Gasteiger partial charge in [0.1, 0.15) is 24.6 Å². The summed E-state index contributed by atoms with van der Waals surface area (Å²) in [4.78, 5) is 6.84. The molecular formula is C21H23N5O. The number of benzene rings is 1. The first-order valence-electron chi connectivity index (χ1n) is 9.49. The fourth-order valence-corrected chi connectivity index (χ4v) is 3.58. The summed E-state index contributed by atoms with van der Waals surface area (Å²) < 4.78 is 7.55. The zero-order valence-electron chi connectivity index (χ0n) is 15.3. The van der Waals surface area contributed by atoms with Crippen LogP contribution in [0.3, 0.4) is 0 Å². The lowest BCUT2D eigenvalue weighted by Crippen LogP contribution is -2.33. The van der Waals surface area contributed by atoms with Gasteiger partial charge in [0, 0.05) is 23.7 Å². The first-order chi connectivity index (χ1) is 13.3. The Hall–Kier alpha value is -2.91. The third kappa shape index (κ3) is 3.93. The number of fused-ring (bicyclic) bond motifs is 1. The summed E-state index contributed by atoms with van der Waals surface area (Å²) in [5.74, 6) is 0.870. The molecule has 3 heterocycles.